The van der Waals surface area contributed by atoms with Crippen molar-refractivity contribution in [1.29, 1.82) is 0 Å². The number of allylic oxidation sites excluding steroid dienone is 1. The summed E-state index contributed by atoms with van der Waals surface area (Å²) in [6.07, 6.45) is 7.15. The highest BCUT2D eigenvalue weighted by Gasteiger charge is 2.91. The predicted molar refractivity (Wildman–Crippen MR) is 140 cm³/mol. The fourth-order valence-electron chi connectivity index (χ4n) is 9.07. The molecule has 2 aromatic carbocycles. The van der Waals surface area contributed by atoms with E-state index in [-0.39, 0.29) is 29.7 Å². The van der Waals surface area contributed by atoms with Gasteiger partial charge < -0.3 is 19.3 Å². The van der Waals surface area contributed by atoms with Gasteiger partial charge in [0.05, 0.1) is 29.2 Å². The summed E-state index contributed by atoms with van der Waals surface area (Å²) < 4.78 is 17.5. The first-order chi connectivity index (χ1) is 19.0. The largest absolute Gasteiger partial charge is 0.513 e. The molecule has 4 fully saturated rings. The molecule has 2 bridgehead atoms. The Morgan fingerprint density at radius 2 is 2.00 bits per heavy atom. The third-order valence-corrected chi connectivity index (χ3v) is 10.9. The van der Waals surface area contributed by atoms with E-state index in [0.717, 1.165) is 30.5 Å². The number of hydrogen-bond acceptors (Lipinski definition) is 7. The van der Waals surface area contributed by atoms with E-state index in [4.69, 9.17) is 14.2 Å². The number of rotatable bonds is 6. The molecule has 3 saturated carbocycles. The lowest BCUT2D eigenvalue weighted by Gasteiger charge is -2.47. The van der Waals surface area contributed by atoms with Gasteiger partial charge in [0.1, 0.15) is 0 Å². The topological polar surface area (TPSA) is 85.1 Å². The molecule has 6 unspecified atom stereocenters. The van der Waals surface area contributed by atoms with Crippen LogP contribution in [0, 0.1) is 5.92 Å². The van der Waals surface area contributed by atoms with Crippen LogP contribution in [0.1, 0.15) is 60.8 Å². The van der Waals surface area contributed by atoms with Crippen molar-refractivity contribution in [3.63, 3.8) is 0 Å². The average molecular weight is 526 g/mol. The van der Waals surface area contributed by atoms with E-state index >= 15 is 0 Å². The van der Waals surface area contributed by atoms with Crippen molar-refractivity contribution in [2.24, 2.45) is 5.92 Å². The van der Waals surface area contributed by atoms with E-state index in [9.17, 15) is 14.7 Å². The molecule has 1 N–H and O–H groups in total. The van der Waals surface area contributed by atoms with Gasteiger partial charge in [0, 0.05) is 24.9 Å². The number of piperidine rings is 1. The van der Waals surface area contributed by atoms with Gasteiger partial charge in [0.25, 0.3) is 0 Å². The van der Waals surface area contributed by atoms with E-state index in [0.29, 0.717) is 37.4 Å². The van der Waals surface area contributed by atoms with Crippen LogP contribution in [-0.2, 0) is 33.3 Å². The molecule has 200 valence electrons. The van der Waals surface area contributed by atoms with Crippen molar-refractivity contribution in [3.8, 4) is 11.5 Å². The number of carbonyl (C=O) groups is 2. The maximum Gasteiger partial charge on any atom is 0.513 e. The molecule has 0 radical (unpaired) electrons. The monoisotopic (exact) mass is 525 g/mol. The number of Topliss-reactive ketones (excluding diaryl/α,β-unsaturated/α-hetero) is 1. The average Bonchev–Trinajstić information content (AvgIpc) is 3.78. The van der Waals surface area contributed by atoms with Crippen LogP contribution in [0.3, 0.4) is 0 Å². The predicted octanol–water partition coefficient (Wildman–Crippen LogP) is 4.12. The van der Waals surface area contributed by atoms with Crippen LogP contribution in [-0.4, -0.2) is 52.8 Å². The van der Waals surface area contributed by atoms with Gasteiger partial charge in [0.15, 0.2) is 23.4 Å². The lowest BCUT2D eigenvalue weighted by Crippen LogP contribution is -2.64. The van der Waals surface area contributed by atoms with E-state index < -0.39 is 23.3 Å². The molecule has 2 aliphatic heterocycles. The first kappa shape index (κ1) is 22.6. The molecule has 2 heterocycles. The van der Waals surface area contributed by atoms with Crippen LogP contribution in [0.4, 0.5) is 4.79 Å². The molecule has 2 aromatic rings. The number of fused-ring (bicyclic) bond motifs is 2. The Morgan fingerprint density at radius 3 is 2.85 bits per heavy atom. The molecule has 6 atom stereocenters. The fraction of sp³-hybridized carbons (Fsp3) is 0.500. The lowest BCUT2D eigenvalue weighted by atomic mass is 9.59. The minimum absolute atomic E-state index is 0.0322. The van der Waals surface area contributed by atoms with Crippen LogP contribution in [0.2, 0.25) is 0 Å². The molecule has 2 spiro atoms. The van der Waals surface area contributed by atoms with Crippen LogP contribution >= 0.6 is 0 Å². The third kappa shape index (κ3) is 2.71. The van der Waals surface area contributed by atoms with Gasteiger partial charge in [-0.2, -0.15) is 0 Å². The summed E-state index contributed by atoms with van der Waals surface area (Å²) >= 11 is 0. The minimum atomic E-state index is -0.996. The van der Waals surface area contributed by atoms with Crippen LogP contribution in [0.5, 0.6) is 11.5 Å². The van der Waals surface area contributed by atoms with Crippen molar-refractivity contribution in [2.75, 3.05) is 13.2 Å². The summed E-state index contributed by atoms with van der Waals surface area (Å²) in [6.45, 7) is 1.24. The number of ketones is 1. The number of likely N-dealkylation sites (tertiary alicyclic amines) is 1. The Kier molecular flexibility index (Phi) is 4.25. The summed E-state index contributed by atoms with van der Waals surface area (Å²) in [7, 11) is 0. The Bertz CT molecular complexity index is 1510. The Labute approximate surface area is 226 Å². The Balaban J connectivity index is 0.963. The quantitative estimate of drug-likeness (QED) is 0.263. The van der Waals surface area contributed by atoms with Gasteiger partial charge in [-0.1, -0.05) is 42.0 Å². The SMILES string of the molecule is O=C(OCCC1=CCc2ccccc2C1)Oc1ccc2c3c1OC1C(=O)CCC4(O)C5N(CC6CC6)C25CC314. The molecule has 7 aliphatic rings. The molecule has 39 heavy (non-hydrogen) atoms. The number of ether oxygens (including phenoxy) is 3. The van der Waals surface area contributed by atoms with Crippen molar-refractivity contribution in [3.05, 3.63) is 70.3 Å². The molecule has 0 amide bonds. The second kappa shape index (κ2) is 7.32. The van der Waals surface area contributed by atoms with Gasteiger partial charge in [-0.15, -0.1) is 0 Å². The highest BCUT2D eigenvalue weighted by molar-refractivity contribution is 5.92. The lowest BCUT2D eigenvalue weighted by molar-refractivity contribution is -0.148. The zero-order valence-electron chi connectivity index (χ0n) is 21.8. The number of nitrogens with zero attached hydrogens (tertiary/aromatic N) is 1. The minimum Gasteiger partial charge on any atom is -0.477 e. The number of hydrogen-bond donors (Lipinski definition) is 1. The van der Waals surface area contributed by atoms with E-state index in [1.807, 2.05) is 6.07 Å². The number of aliphatic hydroxyl groups is 1. The summed E-state index contributed by atoms with van der Waals surface area (Å²) in [5.41, 5.74) is 4.02. The van der Waals surface area contributed by atoms with Crippen molar-refractivity contribution in [1.82, 2.24) is 4.90 Å². The highest BCUT2D eigenvalue weighted by atomic mass is 16.7. The van der Waals surface area contributed by atoms with E-state index in [1.165, 1.54) is 29.5 Å². The molecule has 0 aromatic heterocycles. The van der Waals surface area contributed by atoms with Crippen molar-refractivity contribution < 1.29 is 28.9 Å². The first-order valence-corrected chi connectivity index (χ1v) is 14.4. The Morgan fingerprint density at radius 1 is 1.15 bits per heavy atom. The fourth-order valence-corrected chi connectivity index (χ4v) is 9.07. The summed E-state index contributed by atoms with van der Waals surface area (Å²) in [5.74, 6) is 1.47. The van der Waals surface area contributed by atoms with Gasteiger partial charge in [0.2, 0.25) is 0 Å². The first-order valence-electron chi connectivity index (χ1n) is 14.4. The molecular weight excluding hydrogens is 494 g/mol. The second-order valence-electron chi connectivity index (χ2n) is 12.7. The molecule has 1 saturated heterocycles. The molecule has 7 nitrogen and oxygen atoms in total. The maximum atomic E-state index is 13.1. The van der Waals surface area contributed by atoms with Crippen molar-refractivity contribution >= 4 is 11.9 Å². The standard InChI is InChI=1S/C32H31NO6/c34-23-11-13-32(36)28-31(33(28)16-19-5-6-19)17-30(32)25-22(31)9-10-24(26(25)39-27(23)30)38-29(35)37-14-12-18-7-8-20-3-1-2-4-21(20)15-18/h1-4,7,9-10,19,27-28,36H,5-6,8,11-17H2. The van der Waals surface area contributed by atoms with Gasteiger partial charge in [-0.3, -0.25) is 9.69 Å². The van der Waals surface area contributed by atoms with Gasteiger partial charge in [-0.05, 0) is 67.2 Å². The Hall–Kier alpha value is -3.16. The summed E-state index contributed by atoms with van der Waals surface area (Å²) in [5, 5.41) is 12.2. The van der Waals surface area contributed by atoms with E-state index in [2.05, 4.69) is 35.2 Å². The zero-order valence-corrected chi connectivity index (χ0v) is 21.8. The number of carbonyl (C=O) groups excluding carboxylic acids is 2. The zero-order chi connectivity index (χ0) is 26.1. The third-order valence-electron chi connectivity index (χ3n) is 10.9. The highest BCUT2D eigenvalue weighted by Crippen LogP contribution is 2.82. The molecule has 5 aliphatic carbocycles. The number of benzene rings is 2. The molecule has 9 rings (SSSR count). The van der Waals surface area contributed by atoms with Crippen LogP contribution < -0.4 is 9.47 Å². The maximum absolute atomic E-state index is 13.1. The van der Waals surface area contributed by atoms with Crippen molar-refractivity contribution in [2.45, 2.75) is 80.1 Å². The van der Waals surface area contributed by atoms with Gasteiger partial charge >= 0.3 is 6.16 Å². The summed E-state index contributed by atoms with van der Waals surface area (Å²) in [4.78, 5) is 28.4. The normalized spacial score (nSPS) is 37.4. The van der Waals surface area contributed by atoms with Gasteiger partial charge in [-0.25, -0.2) is 4.79 Å². The molecule has 7 heteroatoms. The van der Waals surface area contributed by atoms with E-state index in [1.54, 1.807) is 6.07 Å². The smallest absolute Gasteiger partial charge is 0.477 e. The summed E-state index contributed by atoms with van der Waals surface area (Å²) in [6, 6.07) is 12.3. The second-order valence-corrected chi connectivity index (χ2v) is 12.7. The van der Waals surface area contributed by atoms with Crippen LogP contribution in [0.15, 0.2) is 48.0 Å². The van der Waals surface area contributed by atoms with Crippen LogP contribution in [0.25, 0.3) is 0 Å². The molecular formula is C32H31NO6.